The molecule has 1 aromatic heterocycles. The van der Waals surface area contributed by atoms with Gasteiger partial charge in [0.05, 0.1) is 6.26 Å². The van der Waals surface area contributed by atoms with Crippen molar-refractivity contribution < 1.29 is 4.42 Å². The van der Waals surface area contributed by atoms with Gasteiger partial charge in [-0.25, -0.2) is 0 Å². The van der Waals surface area contributed by atoms with E-state index in [1.807, 2.05) is 6.07 Å². The first-order chi connectivity index (χ1) is 10.3. The standard InChI is InChI=1S/C19H35NO/c1-3-4-5-6-7-8-9-10-11-12-15-20-18(2)17-19-14-13-16-21-19/h13-14,16,18,20H,3-12,15,17H2,1-2H3. The van der Waals surface area contributed by atoms with Crippen LogP contribution < -0.4 is 5.32 Å². The molecule has 1 aromatic rings. The van der Waals surface area contributed by atoms with Crippen LogP contribution in [0.25, 0.3) is 0 Å². The smallest absolute Gasteiger partial charge is 0.105 e. The summed E-state index contributed by atoms with van der Waals surface area (Å²) in [6.45, 7) is 5.65. The molecule has 0 fully saturated rings. The normalized spacial score (nSPS) is 12.7. The van der Waals surface area contributed by atoms with E-state index in [2.05, 4.69) is 25.2 Å². The van der Waals surface area contributed by atoms with Gasteiger partial charge >= 0.3 is 0 Å². The van der Waals surface area contributed by atoms with Crippen LogP contribution in [0.3, 0.4) is 0 Å². The fourth-order valence-electron chi connectivity index (χ4n) is 2.76. The molecular weight excluding hydrogens is 258 g/mol. The monoisotopic (exact) mass is 293 g/mol. The van der Waals surface area contributed by atoms with E-state index < -0.39 is 0 Å². The number of nitrogens with one attached hydrogen (secondary N) is 1. The van der Waals surface area contributed by atoms with E-state index in [0.29, 0.717) is 6.04 Å². The molecule has 1 N–H and O–H groups in total. The third kappa shape index (κ3) is 10.6. The minimum Gasteiger partial charge on any atom is -0.469 e. The summed E-state index contributed by atoms with van der Waals surface area (Å²) < 4.78 is 5.37. The Morgan fingerprint density at radius 1 is 0.952 bits per heavy atom. The number of hydrogen-bond acceptors (Lipinski definition) is 2. The van der Waals surface area contributed by atoms with Crippen molar-refractivity contribution in [2.45, 2.75) is 90.5 Å². The predicted molar refractivity (Wildman–Crippen MR) is 91.7 cm³/mol. The Bertz CT molecular complexity index is 307. The van der Waals surface area contributed by atoms with E-state index >= 15 is 0 Å². The first kappa shape index (κ1) is 18.3. The Morgan fingerprint density at radius 3 is 2.14 bits per heavy atom. The summed E-state index contributed by atoms with van der Waals surface area (Å²) in [5.41, 5.74) is 0. The number of hydrogen-bond donors (Lipinski definition) is 1. The largest absolute Gasteiger partial charge is 0.469 e. The van der Waals surface area contributed by atoms with Gasteiger partial charge in [-0.2, -0.15) is 0 Å². The zero-order valence-corrected chi connectivity index (χ0v) is 14.2. The lowest BCUT2D eigenvalue weighted by atomic mass is 10.1. The van der Waals surface area contributed by atoms with Gasteiger partial charge in [-0.3, -0.25) is 0 Å². The second-order valence-corrected chi connectivity index (χ2v) is 6.32. The molecule has 2 heteroatoms. The molecule has 0 radical (unpaired) electrons. The van der Waals surface area contributed by atoms with E-state index in [9.17, 15) is 0 Å². The maximum atomic E-state index is 5.37. The highest BCUT2D eigenvalue weighted by Gasteiger charge is 2.04. The second-order valence-electron chi connectivity index (χ2n) is 6.32. The molecule has 0 aliphatic heterocycles. The van der Waals surface area contributed by atoms with E-state index in [1.165, 1.54) is 64.2 Å². The Hall–Kier alpha value is -0.760. The average Bonchev–Trinajstić information content (AvgIpc) is 2.97. The molecule has 0 bridgehead atoms. The van der Waals surface area contributed by atoms with Gasteiger partial charge in [-0.15, -0.1) is 0 Å². The van der Waals surface area contributed by atoms with Crippen LogP contribution in [-0.4, -0.2) is 12.6 Å². The SMILES string of the molecule is CCCCCCCCCCCCNC(C)Cc1ccco1. The number of furan rings is 1. The van der Waals surface area contributed by atoms with Gasteiger partial charge in [-0.05, 0) is 32.0 Å². The summed E-state index contributed by atoms with van der Waals surface area (Å²) in [5.74, 6) is 1.08. The first-order valence-electron chi connectivity index (χ1n) is 9.08. The Labute approximate surface area is 131 Å². The zero-order valence-electron chi connectivity index (χ0n) is 14.2. The van der Waals surface area contributed by atoms with Crippen molar-refractivity contribution in [3.63, 3.8) is 0 Å². The molecule has 1 unspecified atom stereocenters. The van der Waals surface area contributed by atoms with Crippen LogP contribution in [0.15, 0.2) is 22.8 Å². The molecule has 1 atom stereocenters. The van der Waals surface area contributed by atoms with Crippen molar-refractivity contribution >= 4 is 0 Å². The molecule has 0 aliphatic rings. The molecular formula is C19H35NO. The fraction of sp³-hybridized carbons (Fsp3) is 0.789. The summed E-state index contributed by atoms with van der Waals surface area (Å²) >= 11 is 0. The third-order valence-electron chi connectivity index (χ3n) is 4.11. The minimum absolute atomic E-state index is 0.509. The molecule has 1 heterocycles. The van der Waals surface area contributed by atoms with Gasteiger partial charge in [0.25, 0.3) is 0 Å². The minimum atomic E-state index is 0.509. The van der Waals surface area contributed by atoms with Crippen molar-refractivity contribution in [3.8, 4) is 0 Å². The molecule has 1 rings (SSSR count). The maximum absolute atomic E-state index is 5.37. The molecule has 0 amide bonds. The highest BCUT2D eigenvalue weighted by Crippen LogP contribution is 2.10. The van der Waals surface area contributed by atoms with Gasteiger partial charge in [0.2, 0.25) is 0 Å². The summed E-state index contributed by atoms with van der Waals surface area (Å²) in [4.78, 5) is 0. The van der Waals surface area contributed by atoms with Gasteiger partial charge in [0.1, 0.15) is 5.76 Å². The molecule has 122 valence electrons. The zero-order chi connectivity index (χ0) is 15.2. The van der Waals surface area contributed by atoms with Crippen molar-refractivity contribution in [1.82, 2.24) is 5.32 Å². The second kappa shape index (κ2) is 12.9. The highest BCUT2D eigenvalue weighted by molar-refractivity contribution is 4.99. The average molecular weight is 293 g/mol. The Balaban J connectivity index is 1.80. The van der Waals surface area contributed by atoms with Gasteiger partial charge < -0.3 is 9.73 Å². The molecule has 0 spiro atoms. The summed E-state index contributed by atoms with van der Waals surface area (Å²) in [6, 6.07) is 4.53. The lowest BCUT2D eigenvalue weighted by Crippen LogP contribution is -2.28. The lowest BCUT2D eigenvalue weighted by Gasteiger charge is -2.12. The first-order valence-corrected chi connectivity index (χ1v) is 9.08. The van der Waals surface area contributed by atoms with E-state index in [1.54, 1.807) is 6.26 Å². The van der Waals surface area contributed by atoms with Crippen molar-refractivity contribution in [3.05, 3.63) is 24.2 Å². The topological polar surface area (TPSA) is 25.2 Å². The van der Waals surface area contributed by atoms with Crippen LogP contribution in [0.5, 0.6) is 0 Å². The third-order valence-corrected chi connectivity index (χ3v) is 4.11. The van der Waals surface area contributed by atoms with E-state index in [4.69, 9.17) is 4.42 Å². The predicted octanol–water partition coefficient (Wildman–Crippen LogP) is 5.72. The number of unbranched alkanes of at least 4 members (excludes halogenated alkanes) is 9. The van der Waals surface area contributed by atoms with E-state index in [-0.39, 0.29) is 0 Å². The molecule has 0 saturated carbocycles. The van der Waals surface area contributed by atoms with Crippen molar-refractivity contribution in [1.29, 1.82) is 0 Å². The highest BCUT2D eigenvalue weighted by atomic mass is 16.3. The van der Waals surface area contributed by atoms with Gasteiger partial charge in [0.15, 0.2) is 0 Å². The van der Waals surface area contributed by atoms with Crippen LogP contribution in [0.1, 0.15) is 83.8 Å². The Morgan fingerprint density at radius 2 is 1.57 bits per heavy atom. The van der Waals surface area contributed by atoms with Crippen molar-refractivity contribution in [2.24, 2.45) is 0 Å². The van der Waals surface area contributed by atoms with Crippen LogP contribution in [0.2, 0.25) is 0 Å². The van der Waals surface area contributed by atoms with E-state index in [0.717, 1.165) is 18.7 Å². The molecule has 0 aliphatic carbocycles. The summed E-state index contributed by atoms with van der Waals surface area (Å²) in [5, 5.41) is 3.59. The van der Waals surface area contributed by atoms with Gasteiger partial charge in [-0.1, -0.05) is 64.7 Å². The summed E-state index contributed by atoms with van der Waals surface area (Å²) in [7, 11) is 0. The molecule has 21 heavy (non-hydrogen) atoms. The quantitative estimate of drug-likeness (QED) is 0.444. The van der Waals surface area contributed by atoms with Crippen LogP contribution in [0, 0.1) is 0 Å². The number of rotatable bonds is 14. The molecule has 0 saturated heterocycles. The van der Waals surface area contributed by atoms with Crippen LogP contribution in [-0.2, 0) is 6.42 Å². The lowest BCUT2D eigenvalue weighted by molar-refractivity contribution is 0.450. The fourth-order valence-corrected chi connectivity index (χ4v) is 2.76. The van der Waals surface area contributed by atoms with Crippen molar-refractivity contribution in [2.75, 3.05) is 6.54 Å². The molecule has 2 nitrogen and oxygen atoms in total. The maximum Gasteiger partial charge on any atom is 0.105 e. The van der Waals surface area contributed by atoms with Gasteiger partial charge in [0, 0.05) is 12.5 Å². The Kier molecular flexibility index (Phi) is 11.3. The summed E-state index contributed by atoms with van der Waals surface area (Å²) in [6.07, 6.45) is 16.8. The van der Waals surface area contributed by atoms with Crippen LogP contribution >= 0.6 is 0 Å². The molecule has 0 aromatic carbocycles. The van der Waals surface area contributed by atoms with Crippen LogP contribution in [0.4, 0.5) is 0 Å².